The summed E-state index contributed by atoms with van der Waals surface area (Å²) in [6.07, 6.45) is 1.15. The Morgan fingerprint density at radius 1 is 1.20 bits per heavy atom. The van der Waals surface area contributed by atoms with E-state index in [2.05, 4.69) is 4.85 Å². The largest absolute Gasteiger partial charge is 0.444 e. The van der Waals surface area contributed by atoms with Crippen molar-refractivity contribution in [3.8, 4) is 0 Å². The predicted octanol–water partition coefficient (Wildman–Crippen LogP) is 3.71. The van der Waals surface area contributed by atoms with Gasteiger partial charge in [-0.3, -0.25) is 4.79 Å². The van der Waals surface area contributed by atoms with Gasteiger partial charge in [0.1, 0.15) is 5.60 Å². The zero-order valence-corrected chi connectivity index (χ0v) is 15.3. The summed E-state index contributed by atoms with van der Waals surface area (Å²) in [6.45, 7) is 13.7. The van der Waals surface area contributed by atoms with Crippen molar-refractivity contribution < 1.29 is 14.3 Å². The fraction of sp³-hybridized carbons (Fsp3) is 0.526. The molecule has 1 aromatic carbocycles. The summed E-state index contributed by atoms with van der Waals surface area (Å²) < 4.78 is 5.39. The summed E-state index contributed by atoms with van der Waals surface area (Å²) in [5.74, 6) is -0.0627. The zero-order valence-electron chi connectivity index (χ0n) is 15.3. The van der Waals surface area contributed by atoms with Crippen LogP contribution in [0.5, 0.6) is 0 Å². The molecule has 0 bridgehead atoms. The quantitative estimate of drug-likeness (QED) is 0.769. The Kier molecular flexibility index (Phi) is 5.68. The summed E-state index contributed by atoms with van der Waals surface area (Å²) in [7, 11) is 1.79. The van der Waals surface area contributed by atoms with Gasteiger partial charge >= 0.3 is 6.09 Å². The topological polar surface area (TPSA) is 54.2 Å². The zero-order chi connectivity index (χ0) is 18.6. The minimum absolute atomic E-state index is 0.0627. The van der Waals surface area contributed by atoms with Crippen LogP contribution in [0.4, 0.5) is 10.5 Å². The Morgan fingerprint density at radius 2 is 1.76 bits per heavy atom. The lowest BCUT2D eigenvalue weighted by Gasteiger charge is -2.37. The molecule has 134 valence electrons. The van der Waals surface area contributed by atoms with Crippen LogP contribution in [-0.4, -0.2) is 53.6 Å². The van der Waals surface area contributed by atoms with E-state index in [-0.39, 0.29) is 18.0 Å². The van der Waals surface area contributed by atoms with Crippen molar-refractivity contribution >= 4 is 17.7 Å². The number of hydrogen-bond donors (Lipinski definition) is 0. The van der Waals surface area contributed by atoms with E-state index >= 15 is 0 Å². The van der Waals surface area contributed by atoms with E-state index in [4.69, 9.17) is 11.3 Å². The van der Waals surface area contributed by atoms with Crippen LogP contribution in [0.2, 0.25) is 0 Å². The number of carbonyl (C=O) groups is 2. The van der Waals surface area contributed by atoms with E-state index in [0.29, 0.717) is 24.3 Å². The second-order valence-corrected chi connectivity index (χ2v) is 7.27. The van der Waals surface area contributed by atoms with Crippen molar-refractivity contribution in [2.45, 2.75) is 45.3 Å². The highest BCUT2D eigenvalue weighted by atomic mass is 16.6. The molecule has 0 radical (unpaired) electrons. The molecule has 1 heterocycles. The third-order valence-corrected chi connectivity index (χ3v) is 4.23. The van der Waals surface area contributed by atoms with Gasteiger partial charge in [0.05, 0.1) is 6.57 Å². The molecule has 1 aromatic rings. The molecule has 1 aliphatic rings. The van der Waals surface area contributed by atoms with Crippen LogP contribution >= 0.6 is 0 Å². The molecule has 2 rings (SSSR count). The molecule has 1 fully saturated rings. The maximum atomic E-state index is 12.6. The molecule has 6 heteroatoms. The molecule has 0 N–H and O–H groups in total. The highest BCUT2D eigenvalue weighted by molar-refractivity contribution is 5.94. The second kappa shape index (κ2) is 7.56. The Hall–Kier alpha value is -2.55. The fourth-order valence-electron chi connectivity index (χ4n) is 2.81. The summed E-state index contributed by atoms with van der Waals surface area (Å²) in [6, 6.07) is 6.76. The molecule has 0 aliphatic carbocycles. The van der Waals surface area contributed by atoms with E-state index in [1.54, 1.807) is 41.1 Å². The molecule has 1 saturated heterocycles. The third-order valence-electron chi connectivity index (χ3n) is 4.23. The SMILES string of the molecule is [C-]#[N+]c1ccc(C(=O)N(C)C2CCN(C(=O)OC(C)(C)C)CC2)cc1. The second-order valence-electron chi connectivity index (χ2n) is 7.27. The summed E-state index contributed by atoms with van der Waals surface area (Å²) in [4.78, 5) is 31.5. The van der Waals surface area contributed by atoms with Crippen LogP contribution in [-0.2, 0) is 4.74 Å². The number of amides is 2. The maximum absolute atomic E-state index is 12.6. The first-order chi connectivity index (χ1) is 11.7. The van der Waals surface area contributed by atoms with Gasteiger partial charge in [-0.25, -0.2) is 9.64 Å². The van der Waals surface area contributed by atoms with Crippen LogP contribution in [0.1, 0.15) is 44.0 Å². The molecular weight excluding hydrogens is 318 g/mol. The average molecular weight is 343 g/mol. The maximum Gasteiger partial charge on any atom is 0.410 e. The van der Waals surface area contributed by atoms with Crippen LogP contribution in [0.25, 0.3) is 4.85 Å². The lowest BCUT2D eigenvalue weighted by molar-refractivity contribution is 0.0160. The number of carbonyl (C=O) groups excluding carboxylic acids is 2. The van der Waals surface area contributed by atoms with Crippen LogP contribution in [0.3, 0.4) is 0 Å². The van der Waals surface area contributed by atoms with E-state index in [1.807, 2.05) is 20.8 Å². The van der Waals surface area contributed by atoms with Gasteiger partial charge in [0.2, 0.25) is 0 Å². The van der Waals surface area contributed by atoms with Crippen molar-refractivity contribution in [3.05, 3.63) is 41.2 Å². The highest BCUT2D eigenvalue weighted by Gasteiger charge is 2.30. The van der Waals surface area contributed by atoms with Gasteiger partial charge in [-0.05, 0) is 33.6 Å². The van der Waals surface area contributed by atoms with Gasteiger partial charge in [-0.15, -0.1) is 0 Å². The monoisotopic (exact) mass is 343 g/mol. The van der Waals surface area contributed by atoms with Crippen molar-refractivity contribution in [2.75, 3.05) is 20.1 Å². The van der Waals surface area contributed by atoms with E-state index in [1.165, 1.54) is 0 Å². The van der Waals surface area contributed by atoms with Gasteiger partial charge in [-0.2, -0.15) is 0 Å². The summed E-state index contributed by atoms with van der Waals surface area (Å²) in [5.41, 5.74) is 0.590. The molecular formula is C19H25N3O3. The van der Waals surface area contributed by atoms with Crippen molar-refractivity contribution in [3.63, 3.8) is 0 Å². The number of likely N-dealkylation sites (tertiary alicyclic amines) is 1. The first kappa shape index (κ1) is 18.8. The van der Waals surface area contributed by atoms with E-state index in [0.717, 1.165) is 12.8 Å². The molecule has 6 nitrogen and oxygen atoms in total. The number of piperidine rings is 1. The number of benzene rings is 1. The minimum atomic E-state index is -0.502. The number of ether oxygens (including phenoxy) is 1. The molecule has 0 unspecified atom stereocenters. The first-order valence-corrected chi connectivity index (χ1v) is 8.44. The fourth-order valence-corrected chi connectivity index (χ4v) is 2.81. The van der Waals surface area contributed by atoms with Crippen molar-refractivity contribution in [1.82, 2.24) is 9.80 Å². The van der Waals surface area contributed by atoms with E-state index in [9.17, 15) is 9.59 Å². The Morgan fingerprint density at radius 3 is 2.24 bits per heavy atom. The van der Waals surface area contributed by atoms with Crippen LogP contribution < -0.4 is 0 Å². The van der Waals surface area contributed by atoms with Crippen LogP contribution in [0, 0.1) is 6.57 Å². The molecule has 2 amide bonds. The molecule has 25 heavy (non-hydrogen) atoms. The number of rotatable bonds is 2. The first-order valence-electron chi connectivity index (χ1n) is 8.44. The lowest BCUT2D eigenvalue weighted by atomic mass is 10.0. The average Bonchev–Trinajstić information content (AvgIpc) is 2.59. The molecule has 0 saturated carbocycles. The minimum Gasteiger partial charge on any atom is -0.444 e. The van der Waals surface area contributed by atoms with Gasteiger partial charge in [0.25, 0.3) is 5.91 Å². The van der Waals surface area contributed by atoms with Crippen molar-refractivity contribution in [1.29, 1.82) is 0 Å². The van der Waals surface area contributed by atoms with E-state index < -0.39 is 5.60 Å². The molecule has 0 atom stereocenters. The van der Waals surface area contributed by atoms with Crippen molar-refractivity contribution in [2.24, 2.45) is 0 Å². The van der Waals surface area contributed by atoms with Gasteiger partial charge in [0.15, 0.2) is 5.69 Å². The smallest absolute Gasteiger partial charge is 0.410 e. The Balaban J connectivity index is 1.92. The molecule has 1 aliphatic heterocycles. The number of nitrogens with zero attached hydrogens (tertiary/aromatic N) is 3. The van der Waals surface area contributed by atoms with Gasteiger partial charge in [-0.1, -0.05) is 24.3 Å². The highest BCUT2D eigenvalue weighted by Crippen LogP contribution is 2.21. The van der Waals surface area contributed by atoms with Gasteiger partial charge in [0, 0.05) is 31.7 Å². The predicted molar refractivity (Wildman–Crippen MR) is 95.6 cm³/mol. The number of hydrogen-bond acceptors (Lipinski definition) is 3. The van der Waals surface area contributed by atoms with Gasteiger partial charge < -0.3 is 14.5 Å². The Bertz CT molecular complexity index is 663. The summed E-state index contributed by atoms with van der Waals surface area (Å²) in [5, 5.41) is 0. The lowest BCUT2D eigenvalue weighted by Crippen LogP contribution is -2.48. The summed E-state index contributed by atoms with van der Waals surface area (Å²) >= 11 is 0. The standard InChI is InChI=1S/C19H25N3O3/c1-19(2,3)25-18(24)22-12-10-16(11-13-22)21(5)17(23)14-6-8-15(20-4)9-7-14/h6-9,16H,10-13H2,1-3,5H3. The third kappa shape index (κ3) is 4.96. The molecule has 0 aromatic heterocycles. The Labute approximate surface area is 149 Å². The molecule has 0 spiro atoms. The van der Waals surface area contributed by atoms with Crippen LogP contribution in [0.15, 0.2) is 24.3 Å². The normalized spacial score (nSPS) is 15.4.